The SMILES string of the molecule is CCC(CC1CCN(C)C1)C(=O)[C@@H]1CC[C@@H](CC)N1C(=O)C1=C(C(C)C)N2C(=N[C@@](C)(c3ccc(Cl)cc3)[C@H]2c2ccc(Cl)cc2)S1. The first kappa shape index (κ1) is 34.5. The van der Waals surface area contributed by atoms with Crippen LogP contribution in [0.2, 0.25) is 10.0 Å². The van der Waals surface area contributed by atoms with Crippen molar-refractivity contribution in [1.82, 2.24) is 14.7 Å². The molecular weight excluding hydrogens is 647 g/mol. The number of halogens is 2. The largest absolute Gasteiger partial charge is 0.325 e. The van der Waals surface area contributed by atoms with Gasteiger partial charge in [-0.05, 0) is 118 Å². The molecule has 252 valence electrons. The third kappa shape index (κ3) is 6.42. The van der Waals surface area contributed by atoms with Gasteiger partial charge >= 0.3 is 0 Å². The summed E-state index contributed by atoms with van der Waals surface area (Å²) in [5.74, 6) is 0.826. The Morgan fingerprint density at radius 3 is 2.23 bits per heavy atom. The van der Waals surface area contributed by atoms with E-state index in [0.717, 1.165) is 73.6 Å². The van der Waals surface area contributed by atoms with Crippen molar-refractivity contribution in [2.75, 3.05) is 20.1 Å². The van der Waals surface area contributed by atoms with Crippen molar-refractivity contribution in [3.05, 3.63) is 80.3 Å². The van der Waals surface area contributed by atoms with Crippen molar-refractivity contribution in [2.24, 2.45) is 22.7 Å². The average molecular weight is 696 g/mol. The Labute approximate surface area is 294 Å². The lowest BCUT2D eigenvalue weighted by Gasteiger charge is -2.37. The van der Waals surface area contributed by atoms with Gasteiger partial charge in [0.25, 0.3) is 5.91 Å². The molecule has 2 unspecified atom stereocenters. The fourth-order valence-corrected chi connectivity index (χ4v) is 10.0. The number of thioether (sulfide) groups is 1. The zero-order valence-corrected chi connectivity index (χ0v) is 30.8. The summed E-state index contributed by atoms with van der Waals surface area (Å²) < 4.78 is 0. The highest BCUT2D eigenvalue weighted by atomic mass is 35.5. The number of rotatable bonds is 10. The zero-order valence-electron chi connectivity index (χ0n) is 28.5. The molecule has 6 rings (SSSR count). The van der Waals surface area contributed by atoms with Crippen LogP contribution in [0.1, 0.15) is 90.3 Å². The van der Waals surface area contributed by atoms with Crippen LogP contribution < -0.4 is 0 Å². The van der Waals surface area contributed by atoms with E-state index < -0.39 is 5.54 Å². The van der Waals surface area contributed by atoms with Crippen molar-refractivity contribution in [3.63, 3.8) is 0 Å². The van der Waals surface area contributed by atoms with Crippen LogP contribution in [0.4, 0.5) is 0 Å². The number of hydrogen-bond acceptors (Lipinski definition) is 6. The second-order valence-electron chi connectivity index (χ2n) is 14.4. The number of allylic oxidation sites excluding steroid dienone is 1. The fraction of sp³-hybridized carbons (Fsp3) is 0.553. The molecule has 9 heteroatoms. The number of carbonyl (C=O) groups is 2. The Kier molecular flexibility index (Phi) is 10.2. The van der Waals surface area contributed by atoms with Crippen molar-refractivity contribution in [2.45, 2.75) is 96.8 Å². The maximum atomic E-state index is 14.9. The lowest BCUT2D eigenvalue weighted by Crippen LogP contribution is -2.47. The Balaban J connectivity index is 1.37. The number of fused-ring (bicyclic) bond motifs is 1. The number of amides is 1. The molecule has 0 bridgehead atoms. The molecule has 0 N–H and O–H groups in total. The first-order valence-electron chi connectivity index (χ1n) is 17.3. The van der Waals surface area contributed by atoms with Gasteiger partial charge in [-0.1, -0.05) is 75.2 Å². The first-order chi connectivity index (χ1) is 22.5. The summed E-state index contributed by atoms with van der Waals surface area (Å²) in [6.45, 7) is 12.9. The van der Waals surface area contributed by atoms with E-state index in [0.29, 0.717) is 20.9 Å². The number of carbonyl (C=O) groups excluding carboxylic acids is 2. The van der Waals surface area contributed by atoms with Crippen LogP contribution in [0.3, 0.4) is 0 Å². The van der Waals surface area contributed by atoms with E-state index in [-0.39, 0.29) is 41.7 Å². The molecule has 2 aromatic rings. The highest BCUT2D eigenvalue weighted by Gasteiger charge is 2.54. The van der Waals surface area contributed by atoms with Gasteiger partial charge in [-0.3, -0.25) is 9.59 Å². The van der Waals surface area contributed by atoms with Crippen LogP contribution in [0.15, 0.2) is 64.1 Å². The number of nitrogens with zero attached hydrogens (tertiary/aromatic N) is 4. The van der Waals surface area contributed by atoms with Crippen molar-refractivity contribution in [1.29, 1.82) is 0 Å². The maximum absolute atomic E-state index is 14.9. The molecule has 2 aromatic carbocycles. The summed E-state index contributed by atoms with van der Waals surface area (Å²) in [6.07, 6.45) is 5.32. The molecule has 4 heterocycles. The average Bonchev–Trinajstić information content (AvgIpc) is 3.81. The summed E-state index contributed by atoms with van der Waals surface area (Å²) >= 11 is 14.1. The highest BCUT2D eigenvalue weighted by Crippen LogP contribution is 2.56. The zero-order chi connectivity index (χ0) is 33.6. The molecule has 2 saturated heterocycles. The molecule has 1 amide bonds. The quantitative estimate of drug-likeness (QED) is 0.249. The summed E-state index contributed by atoms with van der Waals surface area (Å²) in [6, 6.07) is 15.4. The van der Waals surface area contributed by atoms with Crippen LogP contribution >= 0.6 is 35.0 Å². The summed E-state index contributed by atoms with van der Waals surface area (Å²) in [7, 11) is 2.16. The Morgan fingerprint density at radius 2 is 1.66 bits per heavy atom. The molecule has 0 saturated carbocycles. The van der Waals surface area contributed by atoms with Crippen molar-refractivity contribution >= 4 is 51.8 Å². The van der Waals surface area contributed by atoms with Gasteiger partial charge in [-0.2, -0.15) is 0 Å². The topological polar surface area (TPSA) is 56.2 Å². The van der Waals surface area contributed by atoms with E-state index >= 15 is 0 Å². The number of amidine groups is 1. The third-order valence-corrected chi connectivity index (χ3v) is 12.5. The number of likely N-dealkylation sites (tertiary alicyclic amines) is 2. The van der Waals surface area contributed by atoms with Crippen LogP contribution in [0.25, 0.3) is 0 Å². The number of Topliss-reactive ketones (excluding diaryl/α,β-unsaturated/α-hetero) is 1. The molecule has 0 aromatic heterocycles. The standard InChI is InChI=1S/C38H48Cl2N4O2S/c1-7-25(21-24-19-20-42(6)22-24)33(45)31-18-17-30(8-2)43(31)36(46)34-32(23(3)4)44-35(26-9-13-28(39)14-10-26)38(5,41-37(44)47-34)27-11-15-29(40)16-12-27/h9-16,23-25,30-31,35H,7-8,17-22H2,1-6H3/t24?,25?,30-,31+,35-,38+/m1/s1. The van der Waals surface area contributed by atoms with E-state index in [9.17, 15) is 9.59 Å². The van der Waals surface area contributed by atoms with Crippen LogP contribution in [-0.2, 0) is 15.1 Å². The smallest absolute Gasteiger partial charge is 0.263 e. The molecule has 0 aliphatic carbocycles. The molecule has 2 fully saturated rings. The minimum absolute atomic E-state index is 0.0148. The third-order valence-electron chi connectivity index (χ3n) is 10.9. The van der Waals surface area contributed by atoms with Gasteiger partial charge in [0.15, 0.2) is 11.0 Å². The summed E-state index contributed by atoms with van der Waals surface area (Å²) in [4.78, 5) is 41.9. The van der Waals surface area contributed by atoms with Gasteiger partial charge in [-0.25, -0.2) is 4.99 Å². The lowest BCUT2D eigenvalue weighted by atomic mass is 9.81. The van der Waals surface area contributed by atoms with Crippen molar-refractivity contribution in [3.8, 4) is 0 Å². The predicted molar refractivity (Wildman–Crippen MR) is 195 cm³/mol. The highest BCUT2D eigenvalue weighted by molar-refractivity contribution is 8.18. The van der Waals surface area contributed by atoms with Gasteiger partial charge in [0.2, 0.25) is 0 Å². The Bertz CT molecular complexity index is 1560. The predicted octanol–water partition coefficient (Wildman–Crippen LogP) is 8.94. The molecule has 6 nitrogen and oxygen atoms in total. The van der Waals surface area contributed by atoms with Gasteiger partial charge in [-0.15, -0.1) is 0 Å². The van der Waals surface area contributed by atoms with E-state index in [1.165, 1.54) is 11.8 Å². The maximum Gasteiger partial charge on any atom is 0.263 e. The van der Waals surface area contributed by atoms with Gasteiger partial charge in [0.1, 0.15) is 10.4 Å². The monoisotopic (exact) mass is 694 g/mol. The second kappa shape index (κ2) is 13.9. The molecule has 4 aliphatic rings. The number of benzene rings is 2. The van der Waals surface area contributed by atoms with Crippen LogP contribution in [0, 0.1) is 17.8 Å². The first-order valence-corrected chi connectivity index (χ1v) is 18.9. The van der Waals surface area contributed by atoms with Crippen molar-refractivity contribution < 1.29 is 9.59 Å². The number of hydrogen-bond donors (Lipinski definition) is 0. The van der Waals surface area contributed by atoms with E-state index in [1.807, 2.05) is 41.3 Å². The van der Waals surface area contributed by atoms with Gasteiger partial charge in [0.05, 0.1) is 12.1 Å². The summed E-state index contributed by atoms with van der Waals surface area (Å²) in [5, 5.41) is 2.17. The normalized spacial score (nSPS) is 28.4. The molecule has 0 radical (unpaired) electrons. The second-order valence-corrected chi connectivity index (χ2v) is 16.2. The molecule has 47 heavy (non-hydrogen) atoms. The number of aliphatic imine (C=N–C) groups is 1. The number of ketones is 1. The fourth-order valence-electron chi connectivity index (χ4n) is 8.43. The van der Waals surface area contributed by atoms with E-state index in [2.05, 4.69) is 63.6 Å². The Hall–Kier alpha value is -2.32. The molecule has 4 aliphatic heterocycles. The van der Waals surface area contributed by atoms with E-state index in [1.54, 1.807) is 0 Å². The minimum Gasteiger partial charge on any atom is -0.325 e. The van der Waals surface area contributed by atoms with Crippen LogP contribution in [0.5, 0.6) is 0 Å². The Morgan fingerprint density at radius 1 is 1.00 bits per heavy atom. The van der Waals surface area contributed by atoms with Gasteiger partial charge in [0, 0.05) is 34.2 Å². The van der Waals surface area contributed by atoms with E-state index in [4.69, 9.17) is 28.2 Å². The molecule has 6 atom stereocenters. The van der Waals surface area contributed by atoms with Crippen LogP contribution in [-0.4, -0.2) is 63.8 Å². The lowest BCUT2D eigenvalue weighted by molar-refractivity contribution is -0.138. The minimum atomic E-state index is -0.629. The van der Waals surface area contributed by atoms with Gasteiger partial charge < -0.3 is 14.7 Å². The molecular formula is C38H48Cl2N4O2S. The summed E-state index contributed by atoms with van der Waals surface area (Å²) in [5.41, 5.74) is 2.47. The molecule has 0 spiro atoms.